The Morgan fingerprint density at radius 1 is 1.08 bits per heavy atom. The van der Waals surface area contributed by atoms with Crippen molar-refractivity contribution in [1.82, 2.24) is 4.90 Å². The van der Waals surface area contributed by atoms with Gasteiger partial charge in [0.15, 0.2) is 0 Å². The first kappa shape index (κ1) is 18.5. The first-order valence-electron chi connectivity index (χ1n) is 9.09. The molecule has 1 aliphatic heterocycles. The lowest BCUT2D eigenvalue weighted by Crippen LogP contribution is -2.40. The number of ether oxygens (including phenoxy) is 1. The lowest BCUT2D eigenvalue weighted by molar-refractivity contribution is -0.141. The summed E-state index contributed by atoms with van der Waals surface area (Å²) in [5, 5.41) is 9.64. The third kappa shape index (κ3) is 4.25. The van der Waals surface area contributed by atoms with Gasteiger partial charge in [0, 0.05) is 24.5 Å². The molecule has 0 saturated carbocycles. The fraction of sp³-hybridized carbons (Fsp3) is 0.409. The first-order valence-corrected chi connectivity index (χ1v) is 9.09. The number of aliphatic carboxylic acids is 1. The van der Waals surface area contributed by atoms with Crippen molar-refractivity contribution in [1.29, 1.82) is 0 Å². The molecule has 0 bridgehead atoms. The van der Waals surface area contributed by atoms with E-state index in [9.17, 15) is 9.90 Å². The zero-order chi connectivity index (χ0) is 18.7. The fourth-order valence-corrected chi connectivity index (χ4v) is 3.49. The SMILES string of the molecule is CC(C)(C)N1C[C@@H](C(=O)O)[C@H](c2ccc(OCc3ccccc3)cc2)C1. The predicted molar refractivity (Wildman–Crippen MR) is 102 cm³/mol. The summed E-state index contributed by atoms with van der Waals surface area (Å²) in [6.07, 6.45) is 0. The molecule has 0 radical (unpaired) electrons. The molecule has 3 rings (SSSR count). The van der Waals surface area contributed by atoms with Crippen LogP contribution in [-0.2, 0) is 11.4 Å². The van der Waals surface area contributed by atoms with Crippen molar-refractivity contribution in [3.8, 4) is 5.75 Å². The fourth-order valence-electron chi connectivity index (χ4n) is 3.49. The molecule has 0 amide bonds. The van der Waals surface area contributed by atoms with E-state index in [-0.39, 0.29) is 17.4 Å². The summed E-state index contributed by atoms with van der Waals surface area (Å²) in [5.41, 5.74) is 2.16. The molecule has 4 heteroatoms. The Kier molecular flexibility index (Phi) is 5.33. The molecule has 4 nitrogen and oxygen atoms in total. The number of rotatable bonds is 5. The molecule has 2 atom stereocenters. The van der Waals surface area contributed by atoms with Gasteiger partial charge in [0.25, 0.3) is 0 Å². The van der Waals surface area contributed by atoms with Gasteiger partial charge in [-0.3, -0.25) is 9.69 Å². The number of nitrogens with zero attached hydrogens (tertiary/aromatic N) is 1. The number of benzene rings is 2. The second kappa shape index (κ2) is 7.50. The number of hydrogen-bond donors (Lipinski definition) is 1. The second-order valence-electron chi connectivity index (χ2n) is 7.97. The highest BCUT2D eigenvalue weighted by Crippen LogP contribution is 2.36. The van der Waals surface area contributed by atoms with Crippen LogP contribution in [0.2, 0.25) is 0 Å². The van der Waals surface area contributed by atoms with Crippen molar-refractivity contribution >= 4 is 5.97 Å². The molecule has 2 aromatic rings. The maximum atomic E-state index is 11.7. The quantitative estimate of drug-likeness (QED) is 0.877. The number of carboxylic acids is 1. The van der Waals surface area contributed by atoms with Crippen LogP contribution in [0.15, 0.2) is 54.6 Å². The Balaban J connectivity index is 1.69. The lowest BCUT2D eigenvalue weighted by atomic mass is 9.89. The first-order chi connectivity index (χ1) is 12.3. The average molecular weight is 353 g/mol. The lowest BCUT2D eigenvalue weighted by Gasteiger charge is -2.31. The highest BCUT2D eigenvalue weighted by molar-refractivity contribution is 5.72. The Morgan fingerprint density at radius 2 is 1.73 bits per heavy atom. The van der Waals surface area contributed by atoms with Gasteiger partial charge in [0.1, 0.15) is 12.4 Å². The molecule has 0 aromatic heterocycles. The molecular weight excluding hydrogens is 326 g/mol. The van der Waals surface area contributed by atoms with Gasteiger partial charge in [-0.25, -0.2) is 0 Å². The van der Waals surface area contributed by atoms with Crippen LogP contribution >= 0.6 is 0 Å². The van der Waals surface area contributed by atoms with E-state index < -0.39 is 5.97 Å². The molecule has 1 aliphatic rings. The van der Waals surface area contributed by atoms with E-state index in [2.05, 4.69) is 25.7 Å². The van der Waals surface area contributed by atoms with Crippen molar-refractivity contribution in [2.24, 2.45) is 5.92 Å². The Labute approximate surface area is 155 Å². The zero-order valence-electron chi connectivity index (χ0n) is 15.7. The third-order valence-corrected chi connectivity index (χ3v) is 5.14. The molecule has 0 aliphatic carbocycles. The van der Waals surface area contributed by atoms with E-state index in [1.54, 1.807) is 0 Å². The van der Waals surface area contributed by atoms with Gasteiger partial charge in [-0.05, 0) is 44.0 Å². The summed E-state index contributed by atoms with van der Waals surface area (Å²) in [6.45, 7) is 8.29. The molecule has 1 saturated heterocycles. The van der Waals surface area contributed by atoms with Crippen molar-refractivity contribution in [3.05, 3.63) is 65.7 Å². The van der Waals surface area contributed by atoms with Gasteiger partial charge in [0.2, 0.25) is 0 Å². The predicted octanol–water partition coefficient (Wildman–Crippen LogP) is 4.16. The monoisotopic (exact) mass is 353 g/mol. The normalized spacial score (nSPS) is 20.9. The minimum absolute atomic E-state index is 0.00917. The Morgan fingerprint density at radius 3 is 2.31 bits per heavy atom. The molecule has 138 valence electrons. The van der Waals surface area contributed by atoms with Gasteiger partial charge in [-0.15, -0.1) is 0 Å². The summed E-state index contributed by atoms with van der Waals surface area (Å²) in [5.74, 6) is -0.276. The summed E-state index contributed by atoms with van der Waals surface area (Å²) in [4.78, 5) is 14.0. The van der Waals surface area contributed by atoms with E-state index in [1.807, 2.05) is 54.6 Å². The van der Waals surface area contributed by atoms with E-state index in [1.165, 1.54) is 0 Å². The molecule has 1 fully saturated rings. The molecule has 0 unspecified atom stereocenters. The van der Waals surface area contributed by atoms with Gasteiger partial charge >= 0.3 is 5.97 Å². The van der Waals surface area contributed by atoms with E-state index in [4.69, 9.17) is 4.74 Å². The smallest absolute Gasteiger partial charge is 0.308 e. The molecular formula is C22H27NO3. The summed E-state index contributed by atoms with van der Waals surface area (Å²) < 4.78 is 5.83. The van der Waals surface area contributed by atoms with Crippen molar-refractivity contribution in [3.63, 3.8) is 0 Å². The maximum absolute atomic E-state index is 11.7. The number of likely N-dealkylation sites (tertiary alicyclic amines) is 1. The topological polar surface area (TPSA) is 49.8 Å². The Hall–Kier alpha value is -2.33. The zero-order valence-corrected chi connectivity index (χ0v) is 15.7. The highest BCUT2D eigenvalue weighted by Gasteiger charge is 2.41. The van der Waals surface area contributed by atoms with Gasteiger partial charge in [-0.2, -0.15) is 0 Å². The third-order valence-electron chi connectivity index (χ3n) is 5.14. The van der Waals surface area contributed by atoms with E-state index >= 15 is 0 Å². The molecule has 26 heavy (non-hydrogen) atoms. The van der Waals surface area contributed by atoms with Crippen molar-refractivity contribution < 1.29 is 14.6 Å². The average Bonchev–Trinajstić information content (AvgIpc) is 3.07. The summed E-state index contributed by atoms with van der Waals surface area (Å²) >= 11 is 0. The van der Waals surface area contributed by atoms with E-state index in [0.29, 0.717) is 13.2 Å². The van der Waals surface area contributed by atoms with Crippen LogP contribution in [0.5, 0.6) is 5.75 Å². The van der Waals surface area contributed by atoms with Crippen LogP contribution in [0.25, 0.3) is 0 Å². The highest BCUT2D eigenvalue weighted by atomic mass is 16.5. The van der Waals surface area contributed by atoms with E-state index in [0.717, 1.165) is 23.4 Å². The number of carboxylic acid groups (broad SMARTS) is 1. The van der Waals surface area contributed by atoms with Crippen LogP contribution in [0.3, 0.4) is 0 Å². The molecule has 0 spiro atoms. The maximum Gasteiger partial charge on any atom is 0.308 e. The van der Waals surface area contributed by atoms with Crippen molar-refractivity contribution in [2.45, 2.75) is 38.8 Å². The largest absolute Gasteiger partial charge is 0.489 e. The van der Waals surface area contributed by atoms with Crippen LogP contribution in [-0.4, -0.2) is 34.6 Å². The van der Waals surface area contributed by atoms with Crippen LogP contribution in [0, 0.1) is 5.92 Å². The van der Waals surface area contributed by atoms with Crippen molar-refractivity contribution in [2.75, 3.05) is 13.1 Å². The number of hydrogen-bond acceptors (Lipinski definition) is 3. The Bertz CT molecular complexity index is 734. The molecule has 1 heterocycles. The summed E-state index contributed by atoms with van der Waals surface area (Å²) in [6, 6.07) is 17.9. The number of carbonyl (C=O) groups is 1. The second-order valence-corrected chi connectivity index (χ2v) is 7.97. The minimum atomic E-state index is -0.717. The molecule has 2 aromatic carbocycles. The van der Waals surface area contributed by atoms with Gasteiger partial charge in [0.05, 0.1) is 5.92 Å². The van der Waals surface area contributed by atoms with Crippen LogP contribution in [0.1, 0.15) is 37.8 Å². The van der Waals surface area contributed by atoms with Crippen LogP contribution in [0.4, 0.5) is 0 Å². The van der Waals surface area contributed by atoms with Gasteiger partial charge in [-0.1, -0.05) is 42.5 Å². The minimum Gasteiger partial charge on any atom is -0.489 e. The summed E-state index contributed by atoms with van der Waals surface area (Å²) in [7, 11) is 0. The standard InChI is InChI=1S/C22H27NO3/c1-22(2,3)23-13-19(20(14-23)21(24)25)17-9-11-18(12-10-17)26-15-16-7-5-4-6-8-16/h4-12,19-20H,13-15H2,1-3H3,(H,24,25)/t19-,20+/m0/s1. The molecule has 1 N–H and O–H groups in total. The van der Waals surface area contributed by atoms with Gasteiger partial charge < -0.3 is 9.84 Å². The van der Waals surface area contributed by atoms with Crippen LogP contribution < -0.4 is 4.74 Å².